The Labute approximate surface area is 185 Å². The molecular weight excluding hydrogens is 410 g/mol. The molecule has 1 aliphatic rings. The van der Waals surface area contributed by atoms with E-state index in [-0.39, 0.29) is 11.9 Å². The van der Waals surface area contributed by atoms with Crippen LogP contribution in [0, 0.1) is 0 Å². The Morgan fingerprint density at radius 2 is 1.77 bits per heavy atom. The van der Waals surface area contributed by atoms with Crippen molar-refractivity contribution in [2.75, 3.05) is 28.6 Å². The standard InChI is InChI=1S/C23H25N5O2S/c29-22(25-16-17-11-12-24-20(15-17)28-13-5-2-6-14-28)19-9-10-21(31-19)27-23(30)26-18-7-3-1-4-8-18/h1,3-4,7-12,15H,2,5-6,13-14,16H2,(H,25,29)(H2,26,27,30). The van der Waals surface area contributed by atoms with Gasteiger partial charge in [0.15, 0.2) is 0 Å². The topological polar surface area (TPSA) is 86.4 Å². The van der Waals surface area contributed by atoms with Crippen LogP contribution in [0.2, 0.25) is 0 Å². The lowest BCUT2D eigenvalue weighted by Crippen LogP contribution is -2.30. The molecule has 0 atom stereocenters. The molecule has 3 amide bonds. The molecule has 0 unspecified atom stereocenters. The lowest BCUT2D eigenvalue weighted by molar-refractivity contribution is 0.0955. The lowest BCUT2D eigenvalue weighted by atomic mass is 10.1. The number of urea groups is 1. The summed E-state index contributed by atoms with van der Waals surface area (Å²) in [7, 11) is 0. The summed E-state index contributed by atoms with van der Waals surface area (Å²) in [6.45, 7) is 2.49. The van der Waals surface area contributed by atoms with Crippen LogP contribution in [-0.2, 0) is 6.54 Å². The number of para-hydroxylation sites is 1. The van der Waals surface area contributed by atoms with Crippen molar-refractivity contribution in [3.8, 4) is 0 Å². The zero-order valence-electron chi connectivity index (χ0n) is 17.1. The largest absolute Gasteiger partial charge is 0.357 e. The fourth-order valence-electron chi connectivity index (χ4n) is 3.46. The van der Waals surface area contributed by atoms with Crippen LogP contribution < -0.4 is 20.9 Å². The zero-order valence-corrected chi connectivity index (χ0v) is 18.0. The fourth-order valence-corrected chi connectivity index (χ4v) is 4.28. The molecule has 0 bridgehead atoms. The number of hydrogen-bond donors (Lipinski definition) is 3. The Balaban J connectivity index is 1.29. The highest BCUT2D eigenvalue weighted by Gasteiger charge is 2.14. The van der Waals surface area contributed by atoms with E-state index in [1.165, 1.54) is 30.6 Å². The molecule has 1 saturated heterocycles. The second-order valence-corrected chi connectivity index (χ2v) is 8.45. The predicted molar refractivity (Wildman–Crippen MR) is 125 cm³/mol. The number of carbonyl (C=O) groups is 2. The van der Waals surface area contributed by atoms with Crippen molar-refractivity contribution in [3.63, 3.8) is 0 Å². The summed E-state index contributed by atoms with van der Waals surface area (Å²) in [6, 6.07) is 16.3. The number of benzene rings is 1. The molecule has 7 nitrogen and oxygen atoms in total. The number of amides is 3. The summed E-state index contributed by atoms with van der Waals surface area (Å²) in [6.07, 6.45) is 5.46. The molecule has 0 saturated carbocycles. The number of rotatable bonds is 6. The summed E-state index contributed by atoms with van der Waals surface area (Å²) >= 11 is 1.24. The quantitative estimate of drug-likeness (QED) is 0.523. The van der Waals surface area contributed by atoms with E-state index < -0.39 is 0 Å². The first-order chi connectivity index (χ1) is 15.2. The number of anilines is 3. The van der Waals surface area contributed by atoms with Crippen LogP contribution in [-0.4, -0.2) is 30.0 Å². The van der Waals surface area contributed by atoms with Gasteiger partial charge in [0.2, 0.25) is 0 Å². The second-order valence-electron chi connectivity index (χ2n) is 7.36. The minimum Gasteiger partial charge on any atom is -0.357 e. The third kappa shape index (κ3) is 5.82. The summed E-state index contributed by atoms with van der Waals surface area (Å²) in [4.78, 5) is 32.0. The van der Waals surface area contributed by atoms with Crippen molar-refractivity contribution >= 4 is 39.8 Å². The first-order valence-electron chi connectivity index (χ1n) is 10.4. The molecule has 0 spiro atoms. The molecule has 3 N–H and O–H groups in total. The molecule has 4 rings (SSSR count). The third-order valence-corrected chi connectivity index (χ3v) is 6.04. The molecule has 1 aromatic carbocycles. The van der Waals surface area contributed by atoms with Crippen LogP contribution in [0.25, 0.3) is 0 Å². The number of aromatic nitrogens is 1. The number of hydrogen-bond acceptors (Lipinski definition) is 5. The number of carbonyl (C=O) groups excluding carboxylic acids is 2. The summed E-state index contributed by atoms with van der Waals surface area (Å²) in [5.74, 6) is 0.802. The van der Waals surface area contributed by atoms with E-state index in [9.17, 15) is 9.59 Å². The Bertz CT molecular complexity index is 1030. The molecule has 3 aromatic rings. The fraction of sp³-hybridized carbons (Fsp3) is 0.261. The normalized spacial score (nSPS) is 13.5. The highest BCUT2D eigenvalue weighted by atomic mass is 32.1. The average molecular weight is 436 g/mol. The zero-order chi connectivity index (χ0) is 21.5. The number of nitrogens with zero attached hydrogens (tertiary/aromatic N) is 2. The van der Waals surface area contributed by atoms with Gasteiger partial charge in [-0.3, -0.25) is 10.1 Å². The number of piperidine rings is 1. The highest BCUT2D eigenvalue weighted by Crippen LogP contribution is 2.23. The minimum atomic E-state index is -0.345. The molecule has 1 fully saturated rings. The van der Waals surface area contributed by atoms with Crippen molar-refractivity contribution in [2.24, 2.45) is 0 Å². The lowest BCUT2D eigenvalue weighted by Gasteiger charge is -2.27. The van der Waals surface area contributed by atoms with Gasteiger partial charge in [-0.2, -0.15) is 0 Å². The molecule has 160 valence electrons. The number of pyridine rings is 1. The molecule has 1 aliphatic heterocycles. The van der Waals surface area contributed by atoms with Crippen LogP contribution in [0.4, 0.5) is 21.3 Å². The van der Waals surface area contributed by atoms with Crippen molar-refractivity contribution in [1.82, 2.24) is 10.3 Å². The molecule has 0 radical (unpaired) electrons. The number of nitrogens with one attached hydrogen (secondary N) is 3. The van der Waals surface area contributed by atoms with Gasteiger partial charge in [0, 0.05) is 31.5 Å². The number of thiophene rings is 1. The van der Waals surface area contributed by atoms with Crippen molar-refractivity contribution in [3.05, 3.63) is 71.2 Å². The maximum atomic E-state index is 12.5. The maximum Gasteiger partial charge on any atom is 0.324 e. The van der Waals surface area contributed by atoms with Gasteiger partial charge in [0.25, 0.3) is 5.91 Å². The molecule has 2 aromatic heterocycles. The van der Waals surface area contributed by atoms with E-state index >= 15 is 0 Å². The van der Waals surface area contributed by atoms with Crippen molar-refractivity contribution < 1.29 is 9.59 Å². The van der Waals surface area contributed by atoms with Crippen LogP contribution in [0.3, 0.4) is 0 Å². The summed E-state index contributed by atoms with van der Waals surface area (Å²) in [5, 5.41) is 9.07. The van der Waals surface area contributed by atoms with Gasteiger partial charge in [-0.25, -0.2) is 9.78 Å². The summed E-state index contributed by atoms with van der Waals surface area (Å²) in [5.41, 5.74) is 1.72. The predicted octanol–water partition coefficient (Wildman–Crippen LogP) is 4.71. The first-order valence-corrected chi connectivity index (χ1v) is 11.2. The molecular formula is C23H25N5O2S. The van der Waals surface area contributed by atoms with Gasteiger partial charge < -0.3 is 15.5 Å². The molecule has 3 heterocycles. The van der Waals surface area contributed by atoms with E-state index in [0.717, 1.165) is 24.5 Å². The van der Waals surface area contributed by atoms with E-state index in [1.807, 2.05) is 42.5 Å². The van der Waals surface area contributed by atoms with Crippen LogP contribution in [0.15, 0.2) is 60.8 Å². The average Bonchev–Trinajstić information content (AvgIpc) is 3.27. The van der Waals surface area contributed by atoms with Gasteiger partial charge in [0.05, 0.1) is 9.88 Å². The van der Waals surface area contributed by atoms with Gasteiger partial charge in [-0.05, 0) is 61.2 Å². The van der Waals surface area contributed by atoms with Crippen molar-refractivity contribution in [2.45, 2.75) is 25.8 Å². The van der Waals surface area contributed by atoms with Gasteiger partial charge in [-0.1, -0.05) is 18.2 Å². The van der Waals surface area contributed by atoms with E-state index in [4.69, 9.17) is 0 Å². The SMILES string of the molecule is O=C(Nc1ccccc1)Nc1ccc(C(=O)NCc2ccnc(N3CCCCC3)c2)s1. The second kappa shape index (κ2) is 10.1. The van der Waals surface area contributed by atoms with Crippen LogP contribution >= 0.6 is 11.3 Å². The Morgan fingerprint density at radius 1 is 0.968 bits per heavy atom. The van der Waals surface area contributed by atoms with E-state index in [0.29, 0.717) is 22.1 Å². The van der Waals surface area contributed by atoms with E-state index in [2.05, 4.69) is 25.8 Å². The van der Waals surface area contributed by atoms with Gasteiger partial charge in [0.1, 0.15) is 5.82 Å². The Hall–Kier alpha value is -3.39. The Morgan fingerprint density at radius 3 is 2.58 bits per heavy atom. The highest BCUT2D eigenvalue weighted by molar-refractivity contribution is 7.18. The monoisotopic (exact) mass is 435 g/mol. The Kier molecular flexibility index (Phi) is 6.78. The van der Waals surface area contributed by atoms with Crippen molar-refractivity contribution in [1.29, 1.82) is 0 Å². The molecule has 8 heteroatoms. The third-order valence-electron chi connectivity index (χ3n) is 5.04. The van der Waals surface area contributed by atoms with Crippen LogP contribution in [0.1, 0.15) is 34.5 Å². The molecule has 31 heavy (non-hydrogen) atoms. The molecule has 0 aliphatic carbocycles. The van der Waals surface area contributed by atoms with Gasteiger partial charge in [-0.15, -0.1) is 11.3 Å². The maximum absolute atomic E-state index is 12.5. The summed E-state index contributed by atoms with van der Waals surface area (Å²) < 4.78 is 0. The minimum absolute atomic E-state index is 0.169. The first kappa shape index (κ1) is 20.9. The van der Waals surface area contributed by atoms with Gasteiger partial charge >= 0.3 is 6.03 Å². The van der Waals surface area contributed by atoms with Crippen LogP contribution in [0.5, 0.6) is 0 Å². The van der Waals surface area contributed by atoms with E-state index in [1.54, 1.807) is 18.3 Å². The smallest absolute Gasteiger partial charge is 0.324 e.